The van der Waals surface area contributed by atoms with Crippen molar-refractivity contribution in [1.82, 2.24) is 4.98 Å². The van der Waals surface area contributed by atoms with E-state index < -0.39 is 5.91 Å². The third-order valence-electron chi connectivity index (χ3n) is 2.10. The number of benzene rings is 1. The molecule has 1 aromatic heterocycles. The van der Waals surface area contributed by atoms with Gasteiger partial charge in [0.25, 0.3) is 5.91 Å². The molecule has 2 aromatic rings. The number of H-pyrrole nitrogens is 1. The molecule has 0 fully saturated rings. The number of hydrogen-bond donors (Lipinski definition) is 2. The van der Waals surface area contributed by atoms with Gasteiger partial charge in [0.15, 0.2) is 0 Å². The van der Waals surface area contributed by atoms with Crippen molar-refractivity contribution in [3.63, 3.8) is 0 Å². The number of amides is 1. The number of nitrogens with one attached hydrogen (secondary N) is 1. The quantitative estimate of drug-likeness (QED) is 0.763. The summed E-state index contributed by atoms with van der Waals surface area (Å²) in [6.45, 7) is 0. The molecule has 1 heterocycles. The Morgan fingerprint density at radius 1 is 1.33 bits per heavy atom. The average molecular weight is 223 g/mol. The van der Waals surface area contributed by atoms with Crippen molar-refractivity contribution >= 4 is 28.4 Å². The number of aromatic nitrogens is 1. The van der Waals surface area contributed by atoms with Gasteiger partial charge in [-0.1, -0.05) is 23.7 Å². The maximum Gasteiger partial charge on any atom is 0.266 e. The molecule has 0 spiro atoms. The standard InChI is InChI=1S/C10H7ClN2O2/c11-7-8(10(12)15)13-6-4-2-1-3-5(6)9(7)14/h1-4H,(H2,12,15)(H,13,14). The third kappa shape index (κ3) is 1.49. The molecule has 5 heteroatoms. The number of aromatic amines is 1. The number of fused-ring (bicyclic) bond motifs is 1. The molecule has 0 atom stereocenters. The number of carbonyl (C=O) groups excluding carboxylic acids is 1. The molecule has 0 saturated heterocycles. The van der Waals surface area contributed by atoms with E-state index in [2.05, 4.69) is 4.98 Å². The van der Waals surface area contributed by atoms with Gasteiger partial charge in [-0.2, -0.15) is 0 Å². The van der Waals surface area contributed by atoms with E-state index in [4.69, 9.17) is 17.3 Å². The van der Waals surface area contributed by atoms with Gasteiger partial charge < -0.3 is 10.7 Å². The van der Waals surface area contributed by atoms with Crippen LogP contribution in [0.2, 0.25) is 5.02 Å². The number of nitrogens with two attached hydrogens (primary N) is 1. The van der Waals surface area contributed by atoms with Crippen LogP contribution in [0.3, 0.4) is 0 Å². The summed E-state index contributed by atoms with van der Waals surface area (Å²) in [6.07, 6.45) is 0. The Morgan fingerprint density at radius 3 is 2.67 bits per heavy atom. The first kappa shape index (κ1) is 9.73. The van der Waals surface area contributed by atoms with E-state index in [1.54, 1.807) is 24.3 Å². The highest BCUT2D eigenvalue weighted by molar-refractivity contribution is 6.34. The van der Waals surface area contributed by atoms with Crippen LogP contribution in [0.25, 0.3) is 10.9 Å². The van der Waals surface area contributed by atoms with Crippen LogP contribution in [0, 0.1) is 0 Å². The fraction of sp³-hybridized carbons (Fsp3) is 0. The number of primary amides is 1. The lowest BCUT2D eigenvalue weighted by atomic mass is 10.2. The van der Waals surface area contributed by atoms with Crippen LogP contribution in [-0.2, 0) is 0 Å². The molecule has 0 radical (unpaired) electrons. The maximum absolute atomic E-state index is 11.7. The summed E-state index contributed by atoms with van der Waals surface area (Å²) in [7, 11) is 0. The molecule has 0 saturated carbocycles. The molecule has 0 unspecified atom stereocenters. The number of rotatable bonds is 1. The van der Waals surface area contributed by atoms with Gasteiger partial charge in [0.1, 0.15) is 10.7 Å². The number of hydrogen-bond acceptors (Lipinski definition) is 2. The van der Waals surface area contributed by atoms with Crippen molar-refractivity contribution in [1.29, 1.82) is 0 Å². The minimum Gasteiger partial charge on any atom is -0.364 e. The summed E-state index contributed by atoms with van der Waals surface area (Å²) in [5, 5.41) is 0.272. The Labute approximate surface area is 89.7 Å². The van der Waals surface area contributed by atoms with Gasteiger partial charge in [0.2, 0.25) is 5.43 Å². The minimum absolute atomic E-state index is 0.0552. The third-order valence-corrected chi connectivity index (χ3v) is 2.46. The number of pyridine rings is 1. The number of carbonyl (C=O) groups is 1. The molecule has 0 aliphatic carbocycles. The second-order valence-corrected chi connectivity index (χ2v) is 3.43. The lowest BCUT2D eigenvalue weighted by molar-refractivity contribution is 0.0996. The second-order valence-electron chi connectivity index (χ2n) is 3.05. The Balaban J connectivity index is 2.95. The van der Waals surface area contributed by atoms with Crippen LogP contribution in [-0.4, -0.2) is 10.9 Å². The highest BCUT2D eigenvalue weighted by atomic mass is 35.5. The van der Waals surface area contributed by atoms with Crippen LogP contribution >= 0.6 is 11.6 Å². The average Bonchev–Trinajstić information content (AvgIpc) is 2.23. The van der Waals surface area contributed by atoms with E-state index in [0.717, 1.165) is 0 Å². The second kappa shape index (κ2) is 3.40. The zero-order valence-corrected chi connectivity index (χ0v) is 8.34. The van der Waals surface area contributed by atoms with Crippen molar-refractivity contribution in [2.24, 2.45) is 5.73 Å². The van der Waals surface area contributed by atoms with Gasteiger partial charge in [-0.05, 0) is 12.1 Å². The Bertz CT molecular complexity index is 604. The fourth-order valence-corrected chi connectivity index (χ4v) is 1.62. The molecular weight excluding hydrogens is 216 g/mol. The summed E-state index contributed by atoms with van der Waals surface area (Å²) in [5.41, 5.74) is 5.18. The smallest absolute Gasteiger partial charge is 0.266 e. The zero-order chi connectivity index (χ0) is 11.0. The summed E-state index contributed by atoms with van der Waals surface area (Å²) in [5.74, 6) is -0.747. The van der Waals surface area contributed by atoms with Crippen molar-refractivity contribution < 1.29 is 4.79 Å². The first-order valence-electron chi connectivity index (χ1n) is 4.21. The van der Waals surface area contributed by atoms with Crippen molar-refractivity contribution in [2.75, 3.05) is 0 Å². The van der Waals surface area contributed by atoms with E-state index in [1.165, 1.54) is 0 Å². The normalized spacial score (nSPS) is 10.5. The van der Waals surface area contributed by atoms with Crippen LogP contribution in [0.5, 0.6) is 0 Å². The van der Waals surface area contributed by atoms with Crippen molar-refractivity contribution in [3.05, 3.63) is 45.2 Å². The highest BCUT2D eigenvalue weighted by Gasteiger charge is 2.13. The highest BCUT2D eigenvalue weighted by Crippen LogP contribution is 2.14. The van der Waals surface area contributed by atoms with E-state index in [0.29, 0.717) is 10.9 Å². The Morgan fingerprint density at radius 2 is 2.00 bits per heavy atom. The van der Waals surface area contributed by atoms with E-state index in [1.807, 2.05) is 0 Å². The Kier molecular flexibility index (Phi) is 2.21. The first-order chi connectivity index (χ1) is 7.11. The molecule has 3 N–H and O–H groups in total. The SMILES string of the molecule is NC(=O)c1[nH]c2ccccc2c(=O)c1Cl. The monoisotopic (exact) mass is 222 g/mol. The predicted octanol–water partition coefficient (Wildman–Crippen LogP) is 1.28. The molecule has 0 bridgehead atoms. The Hall–Kier alpha value is -1.81. The van der Waals surface area contributed by atoms with Crippen molar-refractivity contribution in [3.8, 4) is 0 Å². The van der Waals surface area contributed by atoms with Crippen LogP contribution in [0.15, 0.2) is 29.1 Å². The predicted molar refractivity (Wildman–Crippen MR) is 58.1 cm³/mol. The molecule has 2 rings (SSSR count). The summed E-state index contributed by atoms with van der Waals surface area (Å²) < 4.78 is 0. The van der Waals surface area contributed by atoms with Crippen LogP contribution in [0.1, 0.15) is 10.5 Å². The minimum atomic E-state index is -0.747. The molecule has 76 valence electrons. The molecule has 1 amide bonds. The molecule has 0 aliphatic heterocycles. The van der Waals surface area contributed by atoms with Gasteiger partial charge in [0.05, 0.1) is 0 Å². The lowest BCUT2D eigenvalue weighted by Gasteiger charge is -2.02. The zero-order valence-electron chi connectivity index (χ0n) is 7.58. The lowest BCUT2D eigenvalue weighted by Crippen LogP contribution is -2.18. The van der Waals surface area contributed by atoms with Crippen LogP contribution < -0.4 is 11.2 Å². The molecule has 1 aromatic carbocycles. The molecule has 15 heavy (non-hydrogen) atoms. The van der Waals surface area contributed by atoms with Gasteiger partial charge in [0, 0.05) is 10.9 Å². The van der Waals surface area contributed by atoms with Crippen LogP contribution in [0.4, 0.5) is 0 Å². The van der Waals surface area contributed by atoms with Gasteiger partial charge in [-0.15, -0.1) is 0 Å². The molecular formula is C10H7ClN2O2. The summed E-state index contributed by atoms with van der Waals surface area (Å²) in [6, 6.07) is 6.78. The van der Waals surface area contributed by atoms with E-state index >= 15 is 0 Å². The van der Waals surface area contributed by atoms with E-state index in [9.17, 15) is 9.59 Å². The fourth-order valence-electron chi connectivity index (χ4n) is 1.38. The topological polar surface area (TPSA) is 76.0 Å². The maximum atomic E-state index is 11.7. The van der Waals surface area contributed by atoms with E-state index in [-0.39, 0.29) is 16.1 Å². The summed E-state index contributed by atoms with van der Waals surface area (Å²) in [4.78, 5) is 25.4. The van der Waals surface area contributed by atoms with Gasteiger partial charge >= 0.3 is 0 Å². The molecule has 0 aliphatic rings. The first-order valence-corrected chi connectivity index (χ1v) is 4.59. The van der Waals surface area contributed by atoms with Gasteiger partial charge in [-0.25, -0.2) is 0 Å². The summed E-state index contributed by atoms with van der Waals surface area (Å²) >= 11 is 5.72. The largest absolute Gasteiger partial charge is 0.364 e. The van der Waals surface area contributed by atoms with Gasteiger partial charge in [-0.3, -0.25) is 9.59 Å². The van der Waals surface area contributed by atoms with Crippen molar-refractivity contribution in [2.45, 2.75) is 0 Å². The number of halogens is 1. The number of para-hydroxylation sites is 1. The molecule has 4 nitrogen and oxygen atoms in total.